The van der Waals surface area contributed by atoms with Gasteiger partial charge in [0.2, 0.25) is 0 Å². The Morgan fingerprint density at radius 3 is 2.34 bits per heavy atom. The first-order chi connectivity index (χ1) is 17.0. The molecule has 0 aliphatic rings. The minimum Gasteiger partial charge on any atom is -0.490 e. The molecule has 0 saturated carbocycles. The monoisotopic (exact) mass is 495 g/mol. The summed E-state index contributed by atoms with van der Waals surface area (Å²) in [7, 11) is 0. The van der Waals surface area contributed by atoms with E-state index in [2.05, 4.69) is 15.8 Å². The second-order valence-corrected chi connectivity index (χ2v) is 7.54. The van der Waals surface area contributed by atoms with Gasteiger partial charge < -0.3 is 19.5 Å². The highest BCUT2D eigenvalue weighted by Crippen LogP contribution is 2.28. The van der Waals surface area contributed by atoms with Gasteiger partial charge in [-0.05, 0) is 68.4 Å². The molecule has 0 unspecified atom stereocenters. The molecule has 0 radical (unpaired) electrons. The summed E-state index contributed by atoms with van der Waals surface area (Å²) >= 11 is 5.85. The van der Waals surface area contributed by atoms with E-state index >= 15 is 0 Å². The topological polar surface area (TPSA) is 98.3 Å². The normalized spacial score (nSPS) is 10.6. The molecule has 3 rings (SSSR count). The van der Waals surface area contributed by atoms with Crippen molar-refractivity contribution in [2.24, 2.45) is 5.10 Å². The lowest BCUT2D eigenvalue weighted by atomic mass is 10.2. The number of hydrazone groups is 1. The Labute approximate surface area is 208 Å². The molecular weight excluding hydrogens is 470 g/mol. The van der Waals surface area contributed by atoms with Gasteiger partial charge >= 0.3 is 0 Å². The molecule has 0 aromatic heterocycles. The minimum absolute atomic E-state index is 0.202. The van der Waals surface area contributed by atoms with Gasteiger partial charge in [0.05, 0.1) is 19.4 Å². The Morgan fingerprint density at radius 2 is 1.60 bits per heavy atom. The van der Waals surface area contributed by atoms with Crippen molar-refractivity contribution in [3.05, 3.63) is 82.9 Å². The van der Waals surface area contributed by atoms with E-state index < -0.39 is 5.91 Å². The van der Waals surface area contributed by atoms with Crippen LogP contribution in [0.15, 0.2) is 71.8 Å². The van der Waals surface area contributed by atoms with Gasteiger partial charge in [0.15, 0.2) is 18.1 Å². The van der Waals surface area contributed by atoms with Crippen LogP contribution >= 0.6 is 11.6 Å². The number of hydrogen-bond donors (Lipinski definition) is 2. The van der Waals surface area contributed by atoms with Crippen LogP contribution in [0.2, 0.25) is 5.02 Å². The molecular formula is C26H26ClN3O5. The molecule has 3 aromatic rings. The fraction of sp³-hybridized carbons (Fsp3) is 0.192. The number of para-hydroxylation sites is 1. The number of ether oxygens (including phenoxy) is 3. The van der Waals surface area contributed by atoms with Crippen LogP contribution in [0.25, 0.3) is 0 Å². The number of benzene rings is 3. The predicted octanol–water partition coefficient (Wildman–Crippen LogP) is 4.92. The summed E-state index contributed by atoms with van der Waals surface area (Å²) in [6.07, 6.45) is 1.45. The Kier molecular flexibility index (Phi) is 9.50. The van der Waals surface area contributed by atoms with Gasteiger partial charge in [0.25, 0.3) is 11.8 Å². The molecule has 0 atom stereocenters. The zero-order valence-electron chi connectivity index (χ0n) is 19.4. The van der Waals surface area contributed by atoms with Crippen molar-refractivity contribution in [2.45, 2.75) is 13.8 Å². The largest absolute Gasteiger partial charge is 0.490 e. The molecule has 0 spiro atoms. The van der Waals surface area contributed by atoms with Gasteiger partial charge in [0, 0.05) is 21.8 Å². The number of nitrogens with zero attached hydrogens (tertiary/aromatic N) is 1. The van der Waals surface area contributed by atoms with Crippen molar-refractivity contribution in [3.63, 3.8) is 0 Å². The molecule has 0 heterocycles. The Morgan fingerprint density at radius 1 is 0.886 bits per heavy atom. The molecule has 9 heteroatoms. The van der Waals surface area contributed by atoms with E-state index in [1.165, 1.54) is 6.21 Å². The highest BCUT2D eigenvalue weighted by Gasteiger charge is 2.11. The molecule has 182 valence electrons. The highest BCUT2D eigenvalue weighted by molar-refractivity contribution is 6.30. The first-order valence-electron chi connectivity index (χ1n) is 11.0. The standard InChI is InChI=1S/C26H26ClN3O5/c1-3-33-23-14-9-18(15-24(23)34-4-2)26(32)30-28-16-19-7-5-6-8-22(19)35-17-25(31)29-21-12-10-20(27)11-13-21/h5-16H,3-4,17H2,1-2H3,(H,29,31)(H,30,32)/b28-16+. The summed E-state index contributed by atoms with van der Waals surface area (Å²) in [4.78, 5) is 24.7. The van der Waals surface area contributed by atoms with Crippen molar-refractivity contribution in [1.82, 2.24) is 5.43 Å². The second-order valence-electron chi connectivity index (χ2n) is 7.11. The van der Waals surface area contributed by atoms with Crippen LogP contribution in [0, 0.1) is 0 Å². The maximum atomic E-state index is 12.5. The van der Waals surface area contributed by atoms with E-state index in [1.807, 2.05) is 13.8 Å². The van der Waals surface area contributed by atoms with Gasteiger partial charge in [-0.3, -0.25) is 9.59 Å². The molecule has 0 aliphatic carbocycles. The molecule has 8 nitrogen and oxygen atoms in total. The zero-order valence-corrected chi connectivity index (χ0v) is 20.2. The zero-order chi connectivity index (χ0) is 25.0. The van der Waals surface area contributed by atoms with E-state index in [1.54, 1.807) is 66.7 Å². The van der Waals surface area contributed by atoms with Crippen molar-refractivity contribution in [1.29, 1.82) is 0 Å². The Balaban J connectivity index is 1.59. The summed E-state index contributed by atoms with van der Waals surface area (Å²) in [6.45, 7) is 4.45. The molecule has 0 bridgehead atoms. The number of nitrogens with one attached hydrogen (secondary N) is 2. The van der Waals surface area contributed by atoms with E-state index in [4.69, 9.17) is 25.8 Å². The molecule has 0 aliphatic heterocycles. The van der Waals surface area contributed by atoms with Crippen LogP contribution < -0.4 is 25.0 Å². The van der Waals surface area contributed by atoms with E-state index in [0.29, 0.717) is 52.3 Å². The third-order valence-electron chi connectivity index (χ3n) is 4.58. The molecule has 0 saturated heterocycles. The maximum Gasteiger partial charge on any atom is 0.271 e. The highest BCUT2D eigenvalue weighted by atomic mass is 35.5. The average Bonchev–Trinajstić information content (AvgIpc) is 2.86. The number of carbonyl (C=O) groups is 2. The molecule has 3 aromatic carbocycles. The third-order valence-corrected chi connectivity index (χ3v) is 4.83. The SMILES string of the molecule is CCOc1ccc(C(=O)N/N=C/c2ccccc2OCC(=O)Nc2ccc(Cl)cc2)cc1OCC. The van der Waals surface area contributed by atoms with Crippen LogP contribution in [-0.4, -0.2) is 37.8 Å². The summed E-state index contributed by atoms with van der Waals surface area (Å²) in [5.74, 6) is 0.762. The van der Waals surface area contributed by atoms with Crippen LogP contribution in [0.4, 0.5) is 5.69 Å². The van der Waals surface area contributed by atoms with E-state index in [9.17, 15) is 9.59 Å². The lowest BCUT2D eigenvalue weighted by Crippen LogP contribution is -2.20. The minimum atomic E-state index is -0.411. The van der Waals surface area contributed by atoms with Crippen LogP contribution in [0.1, 0.15) is 29.8 Å². The number of amides is 2. The van der Waals surface area contributed by atoms with Crippen LogP contribution in [-0.2, 0) is 4.79 Å². The lowest BCUT2D eigenvalue weighted by Gasteiger charge is -2.12. The number of carbonyl (C=O) groups excluding carboxylic acids is 2. The molecule has 0 fully saturated rings. The number of hydrogen-bond acceptors (Lipinski definition) is 6. The van der Waals surface area contributed by atoms with Crippen molar-refractivity contribution in [2.75, 3.05) is 25.1 Å². The van der Waals surface area contributed by atoms with E-state index in [0.717, 1.165) is 0 Å². The fourth-order valence-electron chi connectivity index (χ4n) is 3.01. The summed E-state index contributed by atoms with van der Waals surface area (Å²) in [6, 6.07) is 18.7. The van der Waals surface area contributed by atoms with Crippen molar-refractivity contribution < 1.29 is 23.8 Å². The van der Waals surface area contributed by atoms with Gasteiger partial charge in [-0.25, -0.2) is 5.43 Å². The van der Waals surface area contributed by atoms with Crippen LogP contribution in [0.5, 0.6) is 17.2 Å². The van der Waals surface area contributed by atoms with Gasteiger partial charge in [-0.1, -0.05) is 23.7 Å². The Hall–Kier alpha value is -4.04. The predicted molar refractivity (Wildman–Crippen MR) is 136 cm³/mol. The van der Waals surface area contributed by atoms with Crippen LogP contribution in [0.3, 0.4) is 0 Å². The van der Waals surface area contributed by atoms with Gasteiger partial charge in [-0.2, -0.15) is 5.10 Å². The molecule has 2 amide bonds. The molecule has 2 N–H and O–H groups in total. The molecule has 35 heavy (non-hydrogen) atoms. The van der Waals surface area contributed by atoms with E-state index in [-0.39, 0.29) is 12.5 Å². The quantitative estimate of drug-likeness (QED) is 0.290. The lowest BCUT2D eigenvalue weighted by molar-refractivity contribution is -0.118. The van der Waals surface area contributed by atoms with Gasteiger partial charge in [-0.15, -0.1) is 0 Å². The number of halogens is 1. The number of anilines is 1. The summed E-state index contributed by atoms with van der Waals surface area (Å²) in [5.41, 5.74) is 4.06. The number of rotatable bonds is 11. The smallest absolute Gasteiger partial charge is 0.271 e. The first-order valence-corrected chi connectivity index (χ1v) is 11.4. The maximum absolute atomic E-state index is 12.5. The summed E-state index contributed by atoms with van der Waals surface area (Å²) < 4.78 is 16.7. The fourth-order valence-corrected chi connectivity index (χ4v) is 3.14. The second kappa shape index (κ2) is 13.0. The van der Waals surface area contributed by atoms with Crippen molar-refractivity contribution >= 4 is 35.3 Å². The first kappa shape index (κ1) is 25.6. The van der Waals surface area contributed by atoms with Gasteiger partial charge in [0.1, 0.15) is 5.75 Å². The van der Waals surface area contributed by atoms with Crippen molar-refractivity contribution in [3.8, 4) is 17.2 Å². The third kappa shape index (κ3) is 7.75. The Bertz CT molecular complexity index is 1180. The average molecular weight is 496 g/mol. The summed E-state index contributed by atoms with van der Waals surface area (Å²) in [5, 5.41) is 7.33.